The van der Waals surface area contributed by atoms with Crippen LogP contribution in [-0.4, -0.2) is 39.9 Å². The van der Waals surface area contributed by atoms with Gasteiger partial charge in [0.05, 0.1) is 12.5 Å². The molecule has 0 aromatic carbocycles. The van der Waals surface area contributed by atoms with Crippen molar-refractivity contribution in [2.45, 2.75) is 39.8 Å². The van der Waals surface area contributed by atoms with Gasteiger partial charge < -0.3 is 10.4 Å². The first kappa shape index (κ1) is 13.5. The molecule has 0 spiro atoms. The van der Waals surface area contributed by atoms with E-state index in [0.29, 0.717) is 18.3 Å². The number of hydrazone groups is 1. The lowest BCUT2D eigenvalue weighted by Crippen LogP contribution is -2.52. The van der Waals surface area contributed by atoms with Crippen molar-refractivity contribution in [1.29, 1.82) is 0 Å². The Morgan fingerprint density at radius 1 is 1.50 bits per heavy atom. The number of nitrogens with zero attached hydrogens (tertiary/aromatic N) is 2. The first-order valence-electron chi connectivity index (χ1n) is 7.04. The smallest absolute Gasteiger partial charge is 0.264 e. The molecule has 6 nitrogen and oxygen atoms in total. The van der Waals surface area contributed by atoms with Crippen LogP contribution in [0.15, 0.2) is 5.10 Å². The van der Waals surface area contributed by atoms with E-state index in [1.807, 2.05) is 6.92 Å². The number of amides is 2. The minimum Gasteiger partial charge on any atom is -0.368 e. The van der Waals surface area contributed by atoms with Crippen molar-refractivity contribution < 1.29 is 14.7 Å². The molecule has 2 aliphatic carbocycles. The maximum Gasteiger partial charge on any atom is 0.264 e. The Bertz CT molecular complexity index is 528. The van der Waals surface area contributed by atoms with Gasteiger partial charge in [-0.25, -0.2) is 0 Å². The maximum absolute atomic E-state index is 12.2. The normalized spacial score (nSPS) is 40.0. The van der Waals surface area contributed by atoms with E-state index in [0.717, 1.165) is 5.71 Å². The Morgan fingerprint density at radius 2 is 2.15 bits per heavy atom. The Morgan fingerprint density at radius 3 is 2.75 bits per heavy atom. The molecule has 20 heavy (non-hydrogen) atoms. The van der Waals surface area contributed by atoms with Crippen LogP contribution in [0, 0.1) is 23.2 Å². The molecule has 3 rings (SSSR count). The summed E-state index contributed by atoms with van der Waals surface area (Å²) in [6.45, 7) is 7.52. The summed E-state index contributed by atoms with van der Waals surface area (Å²) in [5.41, 5.74) is -0.142. The summed E-state index contributed by atoms with van der Waals surface area (Å²) < 4.78 is 0. The molecule has 2 saturated carbocycles. The molecule has 0 radical (unpaired) electrons. The minimum absolute atomic E-state index is 0.0659. The van der Waals surface area contributed by atoms with Crippen molar-refractivity contribution in [3.05, 3.63) is 0 Å². The average Bonchev–Trinajstić information content (AvgIpc) is 2.67. The molecule has 4 atom stereocenters. The van der Waals surface area contributed by atoms with Crippen LogP contribution in [0.5, 0.6) is 0 Å². The van der Waals surface area contributed by atoms with Gasteiger partial charge in [-0.3, -0.25) is 9.59 Å². The van der Waals surface area contributed by atoms with Crippen molar-refractivity contribution in [2.24, 2.45) is 28.3 Å². The van der Waals surface area contributed by atoms with E-state index >= 15 is 0 Å². The molecule has 0 aromatic rings. The van der Waals surface area contributed by atoms with Crippen LogP contribution in [0.1, 0.15) is 34.1 Å². The van der Waals surface area contributed by atoms with Crippen molar-refractivity contribution in [2.75, 3.05) is 6.54 Å². The summed E-state index contributed by atoms with van der Waals surface area (Å²) in [5.74, 6) is 0.151. The van der Waals surface area contributed by atoms with Crippen molar-refractivity contribution >= 4 is 17.5 Å². The highest BCUT2D eigenvalue weighted by Gasteiger charge is 2.75. The van der Waals surface area contributed by atoms with Gasteiger partial charge in [0.2, 0.25) is 5.91 Å². The summed E-state index contributed by atoms with van der Waals surface area (Å²) in [5, 5.41) is 18.8. The van der Waals surface area contributed by atoms with Gasteiger partial charge >= 0.3 is 0 Å². The molecule has 2 amide bonds. The third-order valence-corrected chi connectivity index (χ3v) is 5.32. The van der Waals surface area contributed by atoms with Gasteiger partial charge in [-0.05, 0) is 24.2 Å². The molecule has 2 N–H and O–H groups in total. The molecule has 1 aliphatic heterocycles. The summed E-state index contributed by atoms with van der Waals surface area (Å²) in [4.78, 5) is 23.1. The van der Waals surface area contributed by atoms with E-state index in [1.54, 1.807) is 0 Å². The number of aliphatic hydroxyl groups is 1. The summed E-state index contributed by atoms with van der Waals surface area (Å²) in [6, 6.07) is 0. The van der Waals surface area contributed by atoms with Crippen molar-refractivity contribution in [3.8, 4) is 0 Å². The van der Waals surface area contributed by atoms with E-state index in [2.05, 4.69) is 24.3 Å². The second kappa shape index (κ2) is 3.81. The highest BCUT2D eigenvalue weighted by atomic mass is 16.3. The molecule has 0 aromatic heterocycles. The van der Waals surface area contributed by atoms with Crippen molar-refractivity contribution in [3.63, 3.8) is 0 Å². The lowest BCUT2D eigenvalue weighted by atomic mass is 9.84. The fourth-order valence-electron chi connectivity index (χ4n) is 4.24. The third-order valence-electron chi connectivity index (χ3n) is 5.32. The summed E-state index contributed by atoms with van der Waals surface area (Å²) in [6.07, 6.45) is 0.571. The average molecular weight is 279 g/mol. The molecule has 110 valence electrons. The monoisotopic (exact) mass is 279 g/mol. The standard InChI is InChI=1S/C14H21N3O3/c1-7-11-12-9(13(12,3)4)5-14(11,20)17(16-7)10(19)6-15-8(2)18/h9,11-12,20H,5-6H2,1-4H3,(H,15,18)/t9-,11+,12-,14+/m1/s1. The lowest BCUT2D eigenvalue weighted by Gasteiger charge is -2.35. The van der Waals surface area contributed by atoms with Crippen LogP contribution in [0.3, 0.4) is 0 Å². The number of fused-ring (bicyclic) bond motifs is 3. The van der Waals surface area contributed by atoms with Gasteiger partial charge in [0.1, 0.15) is 0 Å². The molecule has 1 heterocycles. The van der Waals surface area contributed by atoms with Crippen LogP contribution in [0.2, 0.25) is 0 Å². The van der Waals surface area contributed by atoms with Gasteiger partial charge in [-0.1, -0.05) is 13.8 Å². The van der Waals surface area contributed by atoms with Crippen LogP contribution in [-0.2, 0) is 9.59 Å². The highest BCUT2D eigenvalue weighted by Crippen LogP contribution is 2.73. The SMILES string of the molecule is CC(=O)NCC(=O)N1N=C(C)[C@H]2[C@H]3[C@@H](C[C@]21O)C3(C)C. The number of carbonyl (C=O) groups excluding carboxylic acids is 2. The quantitative estimate of drug-likeness (QED) is 0.764. The number of nitrogens with one attached hydrogen (secondary N) is 1. The maximum atomic E-state index is 12.2. The predicted octanol–water partition coefficient (Wildman–Crippen LogP) is 0.321. The van der Waals surface area contributed by atoms with Gasteiger partial charge in [-0.15, -0.1) is 0 Å². The zero-order valence-electron chi connectivity index (χ0n) is 12.3. The Kier molecular flexibility index (Phi) is 2.58. The summed E-state index contributed by atoms with van der Waals surface area (Å²) in [7, 11) is 0. The lowest BCUT2D eigenvalue weighted by molar-refractivity contribution is -0.163. The molecular weight excluding hydrogens is 258 g/mol. The molecule has 0 bridgehead atoms. The van der Waals surface area contributed by atoms with Crippen LogP contribution in [0.4, 0.5) is 0 Å². The minimum atomic E-state index is -1.19. The topological polar surface area (TPSA) is 82.0 Å². The molecule has 0 unspecified atom stereocenters. The zero-order valence-corrected chi connectivity index (χ0v) is 12.3. The molecule has 2 fully saturated rings. The summed E-state index contributed by atoms with van der Waals surface area (Å²) >= 11 is 0. The Hall–Kier alpha value is -1.43. The second-order valence-electron chi connectivity index (χ2n) is 6.87. The molecule has 6 heteroatoms. The number of hydrogen-bond donors (Lipinski definition) is 2. The first-order valence-corrected chi connectivity index (χ1v) is 7.04. The van der Waals surface area contributed by atoms with E-state index in [4.69, 9.17) is 0 Å². The van der Waals surface area contributed by atoms with E-state index in [-0.39, 0.29) is 29.7 Å². The highest BCUT2D eigenvalue weighted by molar-refractivity contribution is 5.93. The molecule has 0 saturated heterocycles. The number of hydrogen-bond acceptors (Lipinski definition) is 4. The second-order valence-corrected chi connectivity index (χ2v) is 6.87. The van der Waals surface area contributed by atoms with Crippen molar-refractivity contribution in [1.82, 2.24) is 10.3 Å². The fourth-order valence-corrected chi connectivity index (χ4v) is 4.24. The van der Waals surface area contributed by atoms with Crippen LogP contribution >= 0.6 is 0 Å². The van der Waals surface area contributed by atoms with E-state index < -0.39 is 5.72 Å². The molecular formula is C14H21N3O3. The predicted molar refractivity (Wildman–Crippen MR) is 72.5 cm³/mol. The number of carbonyl (C=O) groups is 2. The van der Waals surface area contributed by atoms with E-state index in [9.17, 15) is 14.7 Å². The number of rotatable bonds is 2. The van der Waals surface area contributed by atoms with E-state index in [1.165, 1.54) is 11.9 Å². The first-order chi connectivity index (χ1) is 9.19. The fraction of sp³-hybridized carbons (Fsp3) is 0.786. The van der Waals surface area contributed by atoms with Gasteiger partial charge in [-0.2, -0.15) is 10.1 Å². The van der Waals surface area contributed by atoms with Gasteiger partial charge in [0.15, 0.2) is 5.72 Å². The Balaban J connectivity index is 1.80. The van der Waals surface area contributed by atoms with Gasteiger partial charge in [0, 0.05) is 19.1 Å². The zero-order chi connectivity index (χ0) is 14.9. The molecule has 3 aliphatic rings. The van der Waals surface area contributed by atoms with Crippen LogP contribution < -0.4 is 5.32 Å². The Labute approximate surface area is 118 Å². The van der Waals surface area contributed by atoms with Crippen LogP contribution in [0.25, 0.3) is 0 Å². The largest absolute Gasteiger partial charge is 0.368 e. The van der Waals surface area contributed by atoms with Gasteiger partial charge in [0.25, 0.3) is 5.91 Å². The third kappa shape index (κ3) is 1.57.